The number of para-hydroxylation sites is 1. The molecular formula is C17H15ClFN5O3S. The first-order valence-corrected chi connectivity index (χ1v) is 10.1. The van der Waals surface area contributed by atoms with Crippen LogP contribution in [0.15, 0.2) is 36.7 Å². The van der Waals surface area contributed by atoms with Crippen LogP contribution in [0.25, 0.3) is 10.9 Å². The van der Waals surface area contributed by atoms with Gasteiger partial charge in [0.05, 0.1) is 33.2 Å². The summed E-state index contributed by atoms with van der Waals surface area (Å²) in [6.07, 6.45) is 1.21. The predicted octanol–water partition coefficient (Wildman–Crippen LogP) is 3.02. The molecule has 0 bridgehead atoms. The third-order valence-corrected chi connectivity index (χ3v) is 5.60. The second kappa shape index (κ2) is 7.56. The molecule has 0 fully saturated rings. The fraction of sp³-hybridized carbons (Fsp3) is 0.118. The van der Waals surface area contributed by atoms with Crippen LogP contribution in [0.4, 0.5) is 21.6 Å². The van der Waals surface area contributed by atoms with Gasteiger partial charge in [-0.3, -0.25) is 9.52 Å². The first-order valence-electron chi connectivity index (χ1n) is 8.02. The normalized spacial score (nSPS) is 11.4. The molecule has 3 aromatic rings. The highest BCUT2D eigenvalue weighted by Crippen LogP contribution is 2.34. The number of hydrogen-bond donors (Lipinski definition) is 3. The van der Waals surface area contributed by atoms with Crippen molar-refractivity contribution in [2.45, 2.75) is 6.92 Å². The van der Waals surface area contributed by atoms with E-state index in [1.807, 2.05) is 0 Å². The Morgan fingerprint density at radius 3 is 2.71 bits per heavy atom. The second-order valence-electron chi connectivity index (χ2n) is 5.70. The highest BCUT2D eigenvalue weighted by molar-refractivity contribution is 7.92. The van der Waals surface area contributed by atoms with E-state index in [-0.39, 0.29) is 39.0 Å². The zero-order valence-corrected chi connectivity index (χ0v) is 16.1. The second-order valence-corrected chi connectivity index (χ2v) is 8.09. The van der Waals surface area contributed by atoms with Crippen molar-refractivity contribution >= 4 is 55.6 Å². The maximum atomic E-state index is 14.3. The van der Waals surface area contributed by atoms with E-state index in [4.69, 9.17) is 17.3 Å². The lowest BCUT2D eigenvalue weighted by Crippen LogP contribution is -2.17. The molecule has 1 amide bonds. The van der Waals surface area contributed by atoms with E-state index in [9.17, 15) is 17.6 Å². The van der Waals surface area contributed by atoms with Gasteiger partial charge in [0.15, 0.2) is 0 Å². The highest BCUT2D eigenvalue weighted by atomic mass is 35.5. The van der Waals surface area contributed by atoms with Crippen LogP contribution in [-0.4, -0.2) is 30.0 Å². The Hall–Kier alpha value is -2.98. The van der Waals surface area contributed by atoms with E-state index in [0.717, 1.165) is 6.07 Å². The number of anilines is 3. The maximum Gasteiger partial charge on any atom is 0.257 e. The molecule has 28 heavy (non-hydrogen) atoms. The maximum absolute atomic E-state index is 14.3. The SMILES string of the molecule is CCS(=O)(=O)Nc1ccc(F)c(NC(=O)c2cccc3c(N)ncnc23)c1Cl. The summed E-state index contributed by atoms with van der Waals surface area (Å²) in [6, 6.07) is 6.89. The van der Waals surface area contributed by atoms with Gasteiger partial charge in [-0.25, -0.2) is 22.8 Å². The van der Waals surface area contributed by atoms with E-state index in [1.165, 1.54) is 25.4 Å². The third-order valence-electron chi connectivity index (χ3n) is 3.92. The lowest BCUT2D eigenvalue weighted by Gasteiger charge is -2.14. The number of nitrogen functional groups attached to an aromatic ring is 1. The van der Waals surface area contributed by atoms with Crippen LogP contribution in [0, 0.1) is 5.82 Å². The van der Waals surface area contributed by atoms with Gasteiger partial charge in [-0.2, -0.15) is 0 Å². The fourth-order valence-corrected chi connectivity index (χ4v) is 3.41. The van der Waals surface area contributed by atoms with E-state index in [2.05, 4.69) is 20.0 Å². The predicted molar refractivity (Wildman–Crippen MR) is 106 cm³/mol. The molecule has 1 heterocycles. The molecular weight excluding hydrogens is 409 g/mol. The molecule has 11 heteroatoms. The number of aromatic nitrogens is 2. The average Bonchev–Trinajstić information content (AvgIpc) is 2.67. The van der Waals surface area contributed by atoms with Crippen LogP contribution in [0.3, 0.4) is 0 Å². The number of nitrogens with two attached hydrogens (primary N) is 1. The third kappa shape index (κ3) is 3.82. The molecule has 2 aromatic carbocycles. The van der Waals surface area contributed by atoms with Crippen molar-refractivity contribution in [2.24, 2.45) is 0 Å². The Balaban J connectivity index is 2.01. The number of nitrogens with one attached hydrogen (secondary N) is 2. The van der Waals surface area contributed by atoms with Crippen LogP contribution in [0.1, 0.15) is 17.3 Å². The van der Waals surface area contributed by atoms with Gasteiger partial charge in [0.25, 0.3) is 5.91 Å². The van der Waals surface area contributed by atoms with Crippen LogP contribution < -0.4 is 15.8 Å². The Morgan fingerprint density at radius 1 is 1.25 bits per heavy atom. The van der Waals surface area contributed by atoms with Crippen molar-refractivity contribution in [3.8, 4) is 0 Å². The monoisotopic (exact) mass is 423 g/mol. The lowest BCUT2D eigenvalue weighted by molar-refractivity contribution is 0.102. The molecule has 0 aliphatic heterocycles. The van der Waals surface area contributed by atoms with Gasteiger partial charge in [-0.15, -0.1) is 0 Å². The molecule has 146 valence electrons. The zero-order chi connectivity index (χ0) is 20.5. The van der Waals surface area contributed by atoms with Gasteiger partial charge in [0.1, 0.15) is 18.0 Å². The number of carbonyl (C=O) groups is 1. The van der Waals surface area contributed by atoms with Crippen LogP contribution >= 0.6 is 11.6 Å². The summed E-state index contributed by atoms with van der Waals surface area (Å²) in [5.74, 6) is -1.52. The van der Waals surface area contributed by atoms with Gasteiger partial charge in [0.2, 0.25) is 10.0 Å². The van der Waals surface area contributed by atoms with Crippen molar-refractivity contribution in [2.75, 3.05) is 21.5 Å². The Kier molecular flexibility index (Phi) is 5.34. The molecule has 8 nitrogen and oxygen atoms in total. The Labute approximate surface area is 165 Å². The smallest absolute Gasteiger partial charge is 0.257 e. The fourth-order valence-electron chi connectivity index (χ4n) is 2.46. The number of benzene rings is 2. The summed E-state index contributed by atoms with van der Waals surface area (Å²) in [6.45, 7) is 1.44. The number of nitrogens with zero attached hydrogens (tertiary/aromatic N) is 2. The number of amides is 1. The summed E-state index contributed by atoms with van der Waals surface area (Å²) in [5.41, 5.74) is 5.79. The number of carbonyl (C=O) groups excluding carboxylic acids is 1. The largest absolute Gasteiger partial charge is 0.383 e. The van der Waals surface area contributed by atoms with Gasteiger partial charge in [-0.05, 0) is 31.2 Å². The van der Waals surface area contributed by atoms with Crippen molar-refractivity contribution in [1.82, 2.24) is 9.97 Å². The first-order chi connectivity index (χ1) is 13.2. The summed E-state index contributed by atoms with van der Waals surface area (Å²) < 4.78 is 40.0. The van der Waals surface area contributed by atoms with Crippen molar-refractivity contribution in [3.05, 3.63) is 53.1 Å². The van der Waals surface area contributed by atoms with E-state index in [0.29, 0.717) is 5.39 Å². The minimum Gasteiger partial charge on any atom is -0.383 e. The van der Waals surface area contributed by atoms with Crippen LogP contribution in [0.5, 0.6) is 0 Å². The van der Waals surface area contributed by atoms with Crippen LogP contribution in [0.2, 0.25) is 5.02 Å². The Morgan fingerprint density at radius 2 is 2.00 bits per heavy atom. The molecule has 0 unspecified atom stereocenters. The van der Waals surface area contributed by atoms with E-state index in [1.54, 1.807) is 12.1 Å². The number of sulfonamides is 1. The molecule has 4 N–H and O–H groups in total. The van der Waals surface area contributed by atoms with Crippen molar-refractivity contribution in [1.29, 1.82) is 0 Å². The number of halogens is 2. The lowest BCUT2D eigenvalue weighted by atomic mass is 10.1. The summed E-state index contributed by atoms with van der Waals surface area (Å²) in [4.78, 5) is 20.6. The zero-order valence-electron chi connectivity index (χ0n) is 14.5. The van der Waals surface area contributed by atoms with Gasteiger partial charge >= 0.3 is 0 Å². The quantitative estimate of drug-likeness (QED) is 0.578. The van der Waals surface area contributed by atoms with E-state index < -0.39 is 21.7 Å². The van der Waals surface area contributed by atoms with Crippen LogP contribution in [-0.2, 0) is 10.0 Å². The van der Waals surface area contributed by atoms with E-state index >= 15 is 0 Å². The summed E-state index contributed by atoms with van der Waals surface area (Å²) >= 11 is 6.12. The summed E-state index contributed by atoms with van der Waals surface area (Å²) in [7, 11) is -3.64. The minimum atomic E-state index is -3.64. The number of rotatable bonds is 5. The molecule has 0 radical (unpaired) electrons. The minimum absolute atomic E-state index is 0.0512. The Bertz CT molecular complexity index is 1190. The molecule has 0 aliphatic carbocycles. The highest BCUT2D eigenvalue weighted by Gasteiger charge is 2.20. The molecule has 0 saturated heterocycles. The number of hydrogen-bond acceptors (Lipinski definition) is 6. The van der Waals surface area contributed by atoms with Gasteiger partial charge in [-0.1, -0.05) is 17.7 Å². The topological polar surface area (TPSA) is 127 Å². The first kappa shape index (κ1) is 19.8. The molecule has 0 aliphatic rings. The molecule has 0 spiro atoms. The molecule has 1 aromatic heterocycles. The van der Waals surface area contributed by atoms with Crippen molar-refractivity contribution in [3.63, 3.8) is 0 Å². The van der Waals surface area contributed by atoms with Crippen molar-refractivity contribution < 1.29 is 17.6 Å². The standard InChI is InChI=1S/C17H15ClFN5O3S/c1-2-28(26,27)24-12-7-6-11(19)15(13(12)18)23-17(25)10-5-3-4-9-14(10)21-8-22-16(9)20/h3-8,24H,2H2,1H3,(H,23,25)(H2,20,21,22). The molecule has 0 atom stereocenters. The van der Waals surface area contributed by atoms with Gasteiger partial charge in [0, 0.05) is 5.39 Å². The molecule has 0 saturated carbocycles. The molecule has 3 rings (SSSR count). The summed E-state index contributed by atoms with van der Waals surface area (Å²) in [5, 5.41) is 2.55. The number of fused-ring (bicyclic) bond motifs is 1. The van der Waals surface area contributed by atoms with Gasteiger partial charge < -0.3 is 11.1 Å². The average molecular weight is 424 g/mol.